The van der Waals surface area contributed by atoms with Crippen LogP contribution in [-0.4, -0.2) is 32.4 Å². The Bertz CT molecular complexity index is 572. The summed E-state index contributed by atoms with van der Waals surface area (Å²) in [5.41, 5.74) is 5.52. The van der Waals surface area contributed by atoms with Crippen molar-refractivity contribution in [3.63, 3.8) is 0 Å². The molecule has 1 heterocycles. The Balaban J connectivity index is 2.15. The maximum absolute atomic E-state index is 13.8. The average molecular weight is 365 g/mol. The minimum Gasteiger partial charge on any atom is -0.330 e. The summed E-state index contributed by atoms with van der Waals surface area (Å²) < 4.78 is 40.6. The summed E-state index contributed by atoms with van der Waals surface area (Å²) in [7, 11) is -3.74. The van der Waals surface area contributed by atoms with Crippen molar-refractivity contribution in [3.05, 3.63) is 28.5 Å². The fourth-order valence-corrected chi connectivity index (χ4v) is 4.35. The number of benzene rings is 1. The highest BCUT2D eigenvalue weighted by atomic mass is 79.9. The SMILES string of the molecule is NCCC1CCN(S(=O)(=O)c2ccc(Br)cc2F)CC1. The van der Waals surface area contributed by atoms with Gasteiger partial charge in [0.05, 0.1) is 0 Å². The minimum atomic E-state index is -3.74. The number of halogens is 2. The van der Waals surface area contributed by atoms with Crippen molar-refractivity contribution in [3.8, 4) is 0 Å². The first-order valence-electron chi connectivity index (χ1n) is 6.60. The smallest absolute Gasteiger partial charge is 0.245 e. The van der Waals surface area contributed by atoms with Crippen LogP contribution in [0.2, 0.25) is 0 Å². The first-order chi connectivity index (χ1) is 9.45. The van der Waals surface area contributed by atoms with Gasteiger partial charge >= 0.3 is 0 Å². The third-order valence-corrected chi connectivity index (χ3v) is 6.09. The molecule has 1 aliphatic rings. The Morgan fingerprint density at radius 3 is 2.55 bits per heavy atom. The number of hydrogen-bond acceptors (Lipinski definition) is 3. The zero-order valence-electron chi connectivity index (χ0n) is 11.1. The van der Waals surface area contributed by atoms with E-state index < -0.39 is 15.8 Å². The van der Waals surface area contributed by atoms with Crippen LogP contribution in [0.1, 0.15) is 19.3 Å². The summed E-state index contributed by atoms with van der Waals surface area (Å²) in [6, 6.07) is 4.02. The molecule has 1 aromatic carbocycles. The molecule has 2 rings (SSSR count). The van der Waals surface area contributed by atoms with E-state index in [1.54, 1.807) is 0 Å². The third kappa shape index (κ3) is 3.39. The van der Waals surface area contributed by atoms with E-state index in [1.165, 1.54) is 22.5 Å². The van der Waals surface area contributed by atoms with Gasteiger partial charge in [0.15, 0.2) is 0 Å². The molecule has 7 heteroatoms. The largest absolute Gasteiger partial charge is 0.330 e. The maximum atomic E-state index is 13.8. The van der Waals surface area contributed by atoms with Gasteiger partial charge in [-0.2, -0.15) is 4.31 Å². The second-order valence-electron chi connectivity index (χ2n) is 5.00. The Hall–Kier alpha value is -0.500. The topological polar surface area (TPSA) is 63.4 Å². The van der Waals surface area contributed by atoms with Crippen molar-refractivity contribution < 1.29 is 12.8 Å². The molecular formula is C13H18BrFN2O2S. The van der Waals surface area contributed by atoms with Crippen LogP contribution in [0.4, 0.5) is 4.39 Å². The predicted molar refractivity (Wildman–Crippen MR) is 79.3 cm³/mol. The quantitative estimate of drug-likeness (QED) is 0.891. The minimum absolute atomic E-state index is 0.252. The lowest BCUT2D eigenvalue weighted by Crippen LogP contribution is -2.39. The van der Waals surface area contributed by atoms with E-state index in [2.05, 4.69) is 15.9 Å². The van der Waals surface area contributed by atoms with Gasteiger partial charge in [-0.3, -0.25) is 0 Å². The van der Waals surface area contributed by atoms with E-state index in [1.807, 2.05) is 0 Å². The first kappa shape index (κ1) is 15.9. The van der Waals surface area contributed by atoms with Gasteiger partial charge in [0.2, 0.25) is 10.0 Å². The monoisotopic (exact) mass is 364 g/mol. The zero-order valence-corrected chi connectivity index (χ0v) is 13.5. The van der Waals surface area contributed by atoms with Gasteiger partial charge in [-0.15, -0.1) is 0 Å². The predicted octanol–water partition coefficient (Wildman–Crippen LogP) is 2.34. The van der Waals surface area contributed by atoms with Crippen molar-refractivity contribution in [2.24, 2.45) is 11.7 Å². The average Bonchev–Trinajstić information content (AvgIpc) is 2.39. The number of hydrogen-bond donors (Lipinski definition) is 1. The molecule has 1 aromatic rings. The molecule has 0 amide bonds. The molecule has 0 atom stereocenters. The van der Waals surface area contributed by atoms with Crippen molar-refractivity contribution in [1.82, 2.24) is 4.31 Å². The van der Waals surface area contributed by atoms with Crippen molar-refractivity contribution >= 4 is 26.0 Å². The van der Waals surface area contributed by atoms with Crippen LogP contribution in [0.15, 0.2) is 27.6 Å². The lowest BCUT2D eigenvalue weighted by molar-refractivity contribution is 0.265. The summed E-state index contributed by atoms with van der Waals surface area (Å²) in [6.45, 7) is 1.49. The molecule has 4 nitrogen and oxygen atoms in total. The van der Waals surface area contributed by atoms with Gasteiger partial charge in [0.25, 0.3) is 0 Å². The molecule has 0 bridgehead atoms. The second-order valence-corrected chi connectivity index (χ2v) is 7.82. The number of nitrogens with two attached hydrogens (primary N) is 1. The molecule has 0 spiro atoms. The van der Waals surface area contributed by atoms with E-state index in [9.17, 15) is 12.8 Å². The molecule has 112 valence electrons. The second kappa shape index (κ2) is 6.51. The van der Waals surface area contributed by atoms with Crippen molar-refractivity contribution in [1.29, 1.82) is 0 Å². The van der Waals surface area contributed by atoms with E-state index in [4.69, 9.17) is 5.73 Å². The fraction of sp³-hybridized carbons (Fsp3) is 0.538. The van der Waals surface area contributed by atoms with E-state index in [-0.39, 0.29) is 4.90 Å². The van der Waals surface area contributed by atoms with E-state index >= 15 is 0 Å². The Labute approximate surface area is 127 Å². The number of piperidine rings is 1. The van der Waals surface area contributed by atoms with Crippen LogP contribution < -0.4 is 5.73 Å². The van der Waals surface area contributed by atoms with Crippen LogP contribution in [0.3, 0.4) is 0 Å². The molecular weight excluding hydrogens is 347 g/mol. The van der Waals surface area contributed by atoms with Gasteiger partial charge in [-0.05, 0) is 49.9 Å². The van der Waals surface area contributed by atoms with E-state index in [0.717, 1.165) is 19.3 Å². The van der Waals surface area contributed by atoms with Gasteiger partial charge < -0.3 is 5.73 Å². The van der Waals surface area contributed by atoms with Gasteiger partial charge in [0.1, 0.15) is 10.7 Å². The van der Waals surface area contributed by atoms with Crippen LogP contribution in [-0.2, 0) is 10.0 Å². The number of sulfonamides is 1. The highest BCUT2D eigenvalue weighted by Gasteiger charge is 2.31. The maximum Gasteiger partial charge on any atom is 0.245 e. The third-order valence-electron chi connectivity index (χ3n) is 3.66. The lowest BCUT2D eigenvalue weighted by Gasteiger charge is -2.31. The molecule has 0 aliphatic carbocycles. The van der Waals surface area contributed by atoms with Crippen molar-refractivity contribution in [2.45, 2.75) is 24.2 Å². The Morgan fingerprint density at radius 1 is 1.35 bits per heavy atom. The van der Waals surface area contributed by atoms with Crippen molar-refractivity contribution in [2.75, 3.05) is 19.6 Å². The molecule has 1 aliphatic heterocycles. The Kier molecular flexibility index (Phi) is 5.17. The summed E-state index contributed by atoms with van der Waals surface area (Å²) in [5, 5.41) is 0. The Morgan fingerprint density at radius 2 is 2.00 bits per heavy atom. The molecule has 1 fully saturated rings. The highest BCUT2D eigenvalue weighted by molar-refractivity contribution is 9.10. The normalized spacial score (nSPS) is 18.4. The number of rotatable bonds is 4. The van der Waals surface area contributed by atoms with Crippen LogP contribution in [0, 0.1) is 11.7 Å². The summed E-state index contributed by atoms with van der Waals surface area (Å²) >= 11 is 3.12. The molecule has 0 radical (unpaired) electrons. The molecule has 20 heavy (non-hydrogen) atoms. The molecule has 0 saturated carbocycles. The number of nitrogens with zero attached hydrogens (tertiary/aromatic N) is 1. The lowest BCUT2D eigenvalue weighted by atomic mass is 9.95. The van der Waals surface area contributed by atoms with E-state index in [0.29, 0.717) is 30.0 Å². The van der Waals surface area contributed by atoms with Gasteiger partial charge in [0, 0.05) is 17.6 Å². The fourth-order valence-electron chi connectivity index (χ4n) is 2.50. The summed E-state index contributed by atoms with van der Waals surface area (Å²) in [6.07, 6.45) is 2.49. The van der Waals surface area contributed by atoms with Crippen LogP contribution >= 0.6 is 15.9 Å². The zero-order chi connectivity index (χ0) is 14.8. The van der Waals surface area contributed by atoms with Gasteiger partial charge in [-0.25, -0.2) is 12.8 Å². The summed E-state index contributed by atoms with van der Waals surface area (Å²) in [4.78, 5) is -0.252. The first-order valence-corrected chi connectivity index (χ1v) is 8.83. The highest BCUT2D eigenvalue weighted by Crippen LogP contribution is 2.27. The standard InChI is InChI=1S/C13H18BrFN2O2S/c14-11-1-2-13(12(15)9-11)20(18,19)17-7-4-10(3-6-16)5-8-17/h1-2,9-10H,3-8,16H2. The molecule has 1 saturated heterocycles. The molecule has 0 aromatic heterocycles. The molecule has 0 unspecified atom stereocenters. The van der Waals surface area contributed by atoms with Crippen LogP contribution in [0.25, 0.3) is 0 Å². The molecule has 2 N–H and O–H groups in total. The van der Waals surface area contributed by atoms with Gasteiger partial charge in [-0.1, -0.05) is 15.9 Å². The van der Waals surface area contributed by atoms with Crippen LogP contribution in [0.5, 0.6) is 0 Å². The summed E-state index contributed by atoms with van der Waals surface area (Å²) in [5.74, 6) is -0.246.